The third-order valence-corrected chi connectivity index (χ3v) is 7.11. The second-order valence-corrected chi connectivity index (χ2v) is 9.31. The summed E-state index contributed by atoms with van der Waals surface area (Å²) >= 11 is 0. The van der Waals surface area contributed by atoms with Crippen LogP contribution in [0, 0.1) is 10.8 Å². The average molecular weight is 372 g/mol. The van der Waals surface area contributed by atoms with Gasteiger partial charge in [0.25, 0.3) is 0 Å². The van der Waals surface area contributed by atoms with E-state index in [-0.39, 0.29) is 10.8 Å². The Labute approximate surface area is 163 Å². The first kappa shape index (κ1) is 18.7. The lowest BCUT2D eigenvalue weighted by Gasteiger charge is -2.35. The minimum Gasteiger partial charge on any atom is -0.354 e. The molecule has 3 saturated heterocycles. The number of piperazine rings is 1. The van der Waals surface area contributed by atoms with Crippen LogP contribution in [0.5, 0.6) is 0 Å². The molecule has 0 spiro atoms. The zero-order chi connectivity index (χ0) is 19.1. The first-order chi connectivity index (χ1) is 12.9. The fraction of sp³-hybridized carbons (Fsp3) is 0.714. The number of rotatable bonds is 4. The molecule has 148 valence electrons. The molecule has 0 aromatic carbocycles. The SMILES string of the molecule is CN1CC2(C)CN(C(=O)CCN3CCN(c4ccccn4)CC3)CC2(C)C1. The Morgan fingerprint density at radius 3 is 2.30 bits per heavy atom. The van der Waals surface area contributed by atoms with E-state index in [1.165, 1.54) is 0 Å². The van der Waals surface area contributed by atoms with Crippen molar-refractivity contribution in [3.8, 4) is 0 Å². The smallest absolute Gasteiger partial charge is 0.223 e. The molecule has 27 heavy (non-hydrogen) atoms. The van der Waals surface area contributed by atoms with Gasteiger partial charge < -0.3 is 14.7 Å². The lowest BCUT2D eigenvalue weighted by Crippen LogP contribution is -2.47. The molecule has 0 bridgehead atoms. The molecule has 6 nitrogen and oxygen atoms in total. The number of anilines is 1. The van der Waals surface area contributed by atoms with Crippen LogP contribution >= 0.6 is 0 Å². The highest BCUT2D eigenvalue weighted by Gasteiger charge is 2.57. The second-order valence-electron chi connectivity index (χ2n) is 9.31. The van der Waals surface area contributed by atoms with Crippen LogP contribution in [-0.4, -0.2) is 91.5 Å². The van der Waals surface area contributed by atoms with Crippen LogP contribution in [0.2, 0.25) is 0 Å². The van der Waals surface area contributed by atoms with Gasteiger partial charge in [-0.1, -0.05) is 19.9 Å². The average Bonchev–Trinajstić information content (AvgIpc) is 3.03. The van der Waals surface area contributed by atoms with Crippen molar-refractivity contribution in [3.63, 3.8) is 0 Å². The molecule has 3 aliphatic heterocycles. The molecule has 0 saturated carbocycles. The van der Waals surface area contributed by atoms with E-state index in [9.17, 15) is 4.79 Å². The Morgan fingerprint density at radius 2 is 1.70 bits per heavy atom. The summed E-state index contributed by atoms with van der Waals surface area (Å²) in [7, 11) is 2.20. The highest BCUT2D eigenvalue weighted by molar-refractivity contribution is 5.77. The van der Waals surface area contributed by atoms with Gasteiger partial charge in [0.15, 0.2) is 0 Å². The van der Waals surface area contributed by atoms with Crippen molar-refractivity contribution >= 4 is 11.7 Å². The first-order valence-electron chi connectivity index (χ1n) is 10.2. The fourth-order valence-corrected chi connectivity index (χ4v) is 5.34. The van der Waals surface area contributed by atoms with E-state index < -0.39 is 0 Å². The number of nitrogens with zero attached hydrogens (tertiary/aromatic N) is 5. The molecular formula is C21H33N5O. The lowest BCUT2D eigenvalue weighted by molar-refractivity contribution is -0.131. The molecule has 4 heterocycles. The Bertz CT molecular complexity index is 654. The monoisotopic (exact) mass is 371 g/mol. The predicted octanol–water partition coefficient (Wildman–Crippen LogP) is 1.39. The molecular weight excluding hydrogens is 338 g/mol. The first-order valence-corrected chi connectivity index (χ1v) is 10.2. The number of fused-ring (bicyclic) bond motifs is 1. The number of hydrogen-bond acceptors (Lipinski definition) is 5. The summed E-state index contributed by atoms with van der Waals surface area (Å²) < 4.78 is 0. The summed E-state index contributed by atoms with van der Waals surface area (Å²) in [6.07, 6.45) is 2.50. The van der Waals surface area contributed by atoms with E-state index in [0.717, 1.165) is 64.7 Å². The molecule has 0 radical (unpaired) electrons. The van der Waals surface area contributed by atoms with Crippen LogP contribution in [0.25, 0.3) is 0 Å². The number of carbonyl (C=O) groups is 1. The van der Waals surface area contributed by atoms with E-state index in [1.807, 2.05) is 18.3 Å². The van der Waals surface area contributed by atoms with Crippen molar-refractivity contribution in [1.82, 2.24) is 19.7 Å². The molecule has 0 N–H and O–H groups in total. The van der Waals surface area contributed by atoms with Crippen molar-refractivity contribution in [3.05, 3.63) is 24.4 Å². The van der Waals surface area contributed by atoms with Gasteiger partial charge in [-0.2, -0.15) is 0 Å². The molecule has 6 heteroatoms. The molecule has 1 aromatic heterocycles. The third-order valence-electron chi connectivity index (χ3n) is 7.11. The van der Waals surface area contributed by atoms with Crippen LogP contribution in [0.3, 0.4) is 0 Å². The van der Waals surface area contributed by atoms with Gasteiger partial charge in [0.1, 0.15) is 5.82 Å². The zero-order valence-electron chi connectivity index (χ0n) is 17.0. The summed E-state index contributed by atoms with van der Waals surface area (Å²) in [4.78, 5) is 26.6. The van der Waals surface area contributed by atoms with E-state index in [4.69, 9.17) is 0 Å². The maximum absolute atomic E-state index is 12.8. The van der Waals surface area contributed by atoms with Crippen LogP contribution in [0.4, 0.5) is 5.82 Å². The van der Waals surface area contributed by atoms with Gasteiger partial charge in [-0.25, -0.2) is 4.98 Å². The predicted molar refractivity (Wildman–Crippen MR) is 108 cm³/mol. The largest absolute Gasteiger partial charge is 0.354 e. The van der Waals surface area contributed by atoms with Gasteiger partial charge in [-0.05, 0) is 19.2 Å². The number of carbonyl (C=O) groups excluding carboxylic acids is 1. The van der Waals surface area contributed by atoms with Crippen LogP contribution in [0.15, 0.2) is 24.4 Å². The lowest BCUT2D eigenvalue weighted by atomic mass is 9.71. The molecule has 1 aromatic rings. The molecule has 3 aliphatic rings. The highest BCUT2D eigenvalue weighted by atomic mass is 16.2. The molecule has 3 fully saturated rings. The van der Waals surface area contributed by atoms with Crippen molar-refractivity contribution < 1.29 is 4.79 Å². The van der Waals surface area contributed by atoms with Crippen LogP contribution in [-0.2, 0) is 4.79 Å². The Kier molecular flexibility index (Phi) is 4.89. The Hall–Kier alpha value is -1.66. The summed E-state index contributed by atoms with van der Waals surface area (Å²) in [6, 6.07) is 6.07. The normalized spacial score (nSPS) is 32.1. The summed E-state index contributed by atoms with van der Waals surface area (Å²) in [5, 5.41) is 0. The van der Waals surface area contributed by atoms with Crippen molar-refractivity contribution in [1.29, 1.82) is 0 Å². The standard InChI is InChI=1S/C21H33N5O/c1-20-14-23(3)15-21(20,2)17-26(16-20)19(27)7-9-24-10-12-25(13-11-24)18-6-4-5-8-22-18/h4-6,8H,7,9-17H2,1-3H3. The fourth-order valence-electron chi connectivity index (χ4n) is 5.34. The van der Waals surface area contributed by atoms with Crippen LogP contribution < -0.4 is 4.90 Å². The van der Waals surface area contributed by atoms with E-state index >= 15 is 0 Å². The van der Waals surface area contributed by atoms with Gasteiger partial charge >= 0.3 is 0 Å². The minimum atomic E-state index is 0.242. The van der Waals surface area contributed by atoms with Gasteiger partial charge in [0.05, 0.1) is 0 Å². The third kappa shape index (κ3) is 3.57. The van der Waals surface area contributed by atoms with Gasteiger partial charge in [-0.3, -0.25) is 9.69 Å². The van der Waals surface area contributed by atoms with E-state index in [2.05, 4.69) is 51.5 Å². The van der Waals surface area contributed by atoms with Gasteiger partial charge in [0, 0.05) is 82.4 Å². The second kappa shape index (κ2) is 7.06. The number of likely N-dealkylation sites (tertiary alicyclic amines) is 2. The highest BCUT2D eigenvalue weighted by Crippen LogP contribution is 2.51. The zero-order valence-corrected chi connectivity index (χ0v) is 17.0. The van der Waals surface area contributed by atoms with Gasteiger partial charge in [-0.15, -0.1) is 0 Å². The Balaban J connectivity index is 1.24. The molecule has 2 atom stereocenters. The molecule has 4 rings (SSSR count). The van der Waals surface area contributed by atoms with Crippen molar-refractivity contribution in [2.24, 2.45) is 10.8 Å². The summed E-state index contributed by atoms with van der Waals surface area (Å²) in [5.74, 6) is 1.39. The maximum atomic E-state index is 12.8. The quantitative estimate of drug-likeness (QED) is 0.800. The number of amides is 1. The van der Waals surface area contributed by atoms with Crippen LogP contribution in [0.1, 0.15) is 20.3 Å². The van der Waals surface area contributed by atoms with Crippen molar-refractivity contribution in [2.45, 2.75) is 20.3 Å². The summed E-state index contributed by atoms with van der Waals surface area (Å²) in [6.45, 7) is 13.6. The number of pyridine rings is 1. The van der Waals surface area contributed by atoms with E-state index in [0.29, 0.717) is 12.3 Å². The molecule has 0 aliphatic carbocycles. The van der Waals surface area contributed by atoms with Crippen molar-refractivity contribution in [2.75, 3.05) is 70.9 Å². The Morgan fingerprint density at radius 1 is 1.04 bits per heavy atom. The number of hydrogen-bond donors (Lipinski definition) is 0. The summed E-state index contributed by atoms with van der Waals surface area (Å²) in [5.41, 5.74) is 0.484. The molecule has 2 unspecified atom stereocenters. The topological polar surface area (TPSA) is 42.9 Å². The number of aromatic nitrogens is 1. The van der Waals surface area contributed by atoms with E-state index in [1.54, 1.807) is 0 Å². The van der Waals surface area contributed by atoms with Gasteiger partial charge in [0.2, 0.25) is 5.91 Å². The maximum Gasteiger partial charge on any atom is 0.223 e. The minimum absolute atomic E-state index is 0.242. The molecule has 1 amide bonds.